The van der Waals surface area contributed by atoms with Gasteiger partial charge in [-0.15, -0.1) is 0 Å². The van der Waals surface area contributed by atoms with Crippen molar-refractivity contribution >= 4 is 78.5 Å². The third-order valence-corrected chi connectivity index (χ3v) is 19.9. The summed E-state index contributed by atoms with van der Waals surface area (Å²) >= 11 is 0. The second-order valence-electron chi connectivity index (χ2n) is 21.4. The minimum atomic E-state index is -4.56. The standard InChI is InChI=1S/C61H70N4O10S3/c1-6-62-26-13-7-8-18-53(66)57(78(70,71)72)24-27-76-77-61(3,4)25-23-58(67)63-46-30-40(37-74-54-34-42-19-21-47-32-44-14-9-11-16-51(44)64(47)59(68)49(42)28-39(54)2)29-41(31-46)38-75-56-35-43-20-22-48-33-45-15-10-12-17-52(45)65(48)60(69)50(43)36-55(56)73-5/h6,9-12,14-17,28-31,34-36,47-48,57H,7-8,13,18-27,32-33,37-38H2,1-5H3,(H,63,67)(H,70,71,72)/t47-,48-,57?/m1/s1. The zero-order valence-corrected chi connectivity index (χ0v) is 47.6. The summed E-state index contributed by atoms with van der Waals surface area (Å²) in [6.07, 6.45) is 9.30. The number of carbonyl (C=O) groups is 4. The molecule has 3 amide bonds. The molecule has 9 rings (SSSR count). The Balaban J connectivity index is 0.877. The molecule has 0 spiro atoms. The second-order valence-corrected chi connectivity index (χ2v) is 26.1. The highest BCUT2D eigenvalue weighted by atomic mass is 33.1. The number of aliphatic imine (C=N–C) groups is 1. The van der Waals surface area contributed by atoms with Gasteiger partial charge >= 0.3 is 0 Å². The molecule has 14 nitrogen and oxygen atoms in total. The summed E-state index contributed by atoms with van der Waals surface area (Å²) < 4.78 is 52.9. The second kappa shape index (κ2) is 24.9. The van der Waals surface area contributed by atoms with Gasteiger partial charge in [-0.2, -0.15) is 8.42 Å². The molecule has 0 aromatic heterocycles. The van der Waals surface area contributed by atoms with Crippen LogP contribution in [0.1, 0.15) is 138 Å². The van der Waals surface area contributed by atoms with E-state index in [0.717, 1.165) is 84.1 Å². The van der Waals surface area contributed by atoms with E-state index < -0.39 is 25.9 Å². The zero-order chi connectivity index (χ0) is 55.1. The number of aryl methyl sites for hydroxylation is 3. The highest BCUT2D eigenvalue weighted by molar-refractivity contribution is 8.77. The summed E-state index contributed by atoms with van der Waals surface area (Å²) in [5.74, 6) is 1.22. The third-order valence-electron chi connectivity index (χ3n) is 15.3. The molecule has 17 heteroatoms. The van der Waals surface area contributed by atoms with Crippen molar-refractivity contribution in [2.24, 2.45) is 4.99 Å². The summed E-state index contributed by atoms with van der Waals surface area (Å²) in [4.78, 5) is 63.0. The summed E-state index contributed by atoms with van der Waals surface area (Å²) in [5.41, 5.74) is 10.4. The van der Waals surface area contributed by atoms with Crippen LogP contribution in [0.5, 0.6) is 17.2 Å². The van der Waals surface area contributed by atoms with Crippen molar-refractivity contribution in [2.75, 3.05) is 34.5 Å². The molecular formula is C61H70N4O10S3. The number of methoxy groups -OCH3 is 1. The maximum Gasteiger partial charge on any atom is 0.275 e. The van der Waals surface area contributed by atoms with Crippen LogP contribution in [-0.4, -0.2) is 84.2 Å². The van der Waals surface area contributed by atoms with Crippen molar-refractivity contribution in [3.63, 3.8) is 0 Å². The van der Waals surface area contributed by atoms with Gasteiger partial charge in [0.2, 0.25) is 5.91 Å². The topological polar surface area (TPSA) is 181 Å². The number of Topliss-reactive ketones (excluding diaryl/α,β-unsaturated/α-hetero) is 1. The van der Waals surface area contributed by atoms with E-state index in [4.69, 9.17) is 14.2 Å². The first-order valence-electron chi connectivity index (χ1n) is 27.1. The lowest BCUT2D eigenvalue weighted by Gasteiger charge is -2.23. The van der Waals surface area contributed by atoms with Gasteiger partial charge in [0.05, 0.1) is 7.11 Å². The molecule has 0 radical (unpaired) electrons. The van der Waals surface area contributed by atoms with Gasteiger partial charge in [0.1, 0.15) is 24.2 Å². The maximum atomic E-state index is 14.2. The van der Waals surface area contributed by atoms with Crippen LogP contribution in [0.2, 0.25) is 0 Å². The van der Waals surface area contributed by atoms with E-state index in [-0.39, 0.29) is 62.3 Å². The van der Waals surface area contributed by atoms with Gasteiger partial charge in [0.15, 0.2) is 17.3 Å². The normalized spacial score (nSPS) is 17.1. The van der Waals surface area contributed by atoms with Crippen LogP contribution >= 0.6 is 21.6 Å². The molecule has 1 unspecified atom stereocenters. The summed E-state index contributed by atoms with van der Waals surface area (Å²) in [6, 6.07) is 29.8. The predicted molar refractivity (Wildman–Crippen MR) is 312 cm³/mol. The summed E-state index contributed by atoms with van der Waals surface area (Å²) in [7, 11) is -0.0674. The van der Waals surface area contributed by atoms with E-state index >= 15 is 0 Å². The first-order valence-corrected chi connectivity index (χ1v) is 30.9. The third kappa shape index (κ3) is 13.3. The van der Waals surface area contributed by atoms with Gasteiger partial charge in [-0.05, 0) is 192 Å². The number of ketones is 1. The van der Waals surface area contributed by atoms with Crippen molar-refractivity contribution in [3.8, 4) is 17.2 Å². The summed E-state index contributed by atoms with van der Waals surface area (Å²) in [5, 5.41) is 1.65. The number of fused-ring (bicyclic) bond motifs is 8. The number of unbranched alkanes of at least 4 members (excludes halogenated alkanes) is 2. The Labute approximate surface area is 466 Å². The maximum absolute atomic E-state index is 14.2. The molecular weight excluding hydrogens is 1040 g/mol. The number of benzene rings is 5. The van der Waals surface area contributed by atoms with Crippen LogP contribution in [0.3, 0.4) is 0 Å². The van der Waals surface area contributed by atoms with Crippen LogP contribution < -0.4 is 29.3 Å². The fourth-order valence-electron chi connectivity index (χ4n) is 11.2. The van der Waals surface area contributed by atoms with Crippen molar-refractivity contribution in [1.29, 1.82) is 0 Å². The number of nitrogens with zero attached hydrogens (tertiary/aromatic N) is 3. The number of rotatable bonds is 24. The fraction of sp³-hybridized carbons (Fsp3) is 0.426. The van der Waals surface area contributed by atoms with Crippen molar-refractivity contribution in [1.82, 2.24) is 0 Å². The largest absolute Gasteiger partial charge is 0.493 e. The SMILES string of the molecule is CC=NCCCCCC(=O)C(CCSSC(C)(C)CCC(=O)Nc1cc(COc2cc3c(cc2C)C(=O)N2c4ccccc4C[C@H]2CC3)cc(COc2cc3c(cc2OC)C(=O)N2c4ccccc4C[C@H]2CC3)c1)S(=O)(=O)O. The minimum Gasteiger partial charge on any atom is -0.493 e. The van der Waals surface area contributed by atoms with Gasteiger partial charge in [0, 0.05) is 70.2 Å². The van der Waals surface area contributed by atoms with Gasteiger partial charge < -0.3 is 29.3 Å². The Morgan fingerprint density at radius 2 is 1.37 bits per heavy atom. The van der Waals surface area contributed by atoms with Crippen LogP contribution in [0, 0.1) is 6.92 Å². The van der Waals surface area contributed by atoms with Gasteiger partial charge in [-0.25, -0.2) is 0 Å². The lowest BCUT2D eigenvalue weighted by Crippen LogP contribution is -2.36. The van der Waals surface area contributed by atoms with Crippen LogP contribution in [0.25, 0.3) is 0 Å². The van der Waals surface area contributed by atoms with Gasteiger partial charge in [-0.3, -0.25) is 28.7 Å². The molecule has 4 heterocycles. The first-order chi connectivity index (χ1) is 37.5. The molecule has 0 saturated heterocycles. The average molecular weight is 1120 g/mol. The smallest absolute Gasteiger partial charge is 0.275 e. The first kappa shape index (κ1) is 56.6. The Morgan fingerprint density at radius 1 is 0.782 bits per heavy atom. The monoisotopic (exact) mass is 1110 g/mol. The molecule has 412 valence electrons. The van der Waals surface area contributed by atoms with E-state index in [1.165, 1.54) is 32.7 Å². The van der Waals surface area contributed by atoms with E-state index in [1.807, 2.05) is 110 Å². The number of nitrogens with one attached hydrogen (secondary N) is 1. The van der Waals surface area contributed by atoms with E-state index in [0.29, 0.717) is 65.6 Å². The molecule has 5 aromatic rings. The zero-order valence-electron chi connectivity index (χ0n) is 45.2. The van der Waals surface area contributed by atoms with Crippen molar-refractivity contribution < 1.29 is 46.4 Å². The summed E-state index contributed by atoms with van der Waals surface area (Å²) in [6.45, 7) is 8.75. The lowest BCUT2D eigenvalue weighted by atomic mass is 9.98. The Kier molecular flexibility index (Phi) is 18.1. The predicted octanol–water partition coefficient (Wildman–Crippen LogP) is 11.9. The number of para-hydroxylation sites is 2. The molecule has 3 atom stereocenters. The number of ether oxygens (including phenoxy) is 3. The molecule has 4 aliphatic rings. The molecule has 5 aromatic carbocycles. The fourth-order valence-corrected chi connectivity index (χ4v) is 14.9. The average Bonchev–Trinajstić information content (AvgIpc) is 4.10. The van der Waals surface area contributed by atoms with Crippen LogP contribution in [0.15, 0.2) is 96.0 Å². The molecule has 0 aliphatic carbocycles. The highest BCUT2D eigenvalue weighted by Gasteiger charge is 2.39. The number of hydrogen-bond donors (Lipinski definition) is 2. The van der Waals surface area contributed by atoms with Gasteiger partial charge in [-0.1, -0.05) is 64.4 Å². The van der Waals surface area contributed by atoms with E-state index in [9.17, 15) is 32.1 Å². The van der Waals surface area contributed by atoms with Crippen LogP contribution in [-0.2, 0) is 58.6 Å². The molecule has 4 aliphatic heterocycles. The Morgan fingerprint density at radius 3 is 1.97 bits per heavy atom. The minimum absolute atomic E-state index is 0.00794. The lowest BCUT2D eigenvalue weighted by molar-refractivity contribution is -0.119. The van der Waals surface area contributed by atoms with E-state index in [2.05, 4.69) is 22.4 Å². The van der Waals surface area contributed by atoms with Crippen LogP contribution in [0.4, 0.5) is 17.1 Å². The number of anilines is 3. The molecule has 0 bridgehead atoms. The highest BCUT2D eigenvalue weighted by Crippen LogP contribution is 2.43. The van der Waals surface area contributed by atoms with Crippen molar-refractivity contribution in [2.45, 2.75) is 146 Å². The number of hydrogen-bond acceptors (Lipinski definition) is 12. The van der Waals surface area contributed by atoms with Crippen molar-refractivity contribution in [3.05, 3.63) is 141 Å². The molecule has 78 heavy (non-hydrogen) atoms. The van der Waals surface area contributed by atoms with E-state index in [1.54, 1.807) is 19.4 Å². The Hall–Kier alpha value is -6.14. The quantitative estimate of drug-likeness (QED) is 0.0259. The van der Waals surface area contributed by atoms with Gasteiger partial charge in [0.25, 0.3) is 21.9 Å². The molecule has 0 fully saturated rings. The molecule has 0 saturated carbocycles. The molecule has 2 N–H and O–H groups in total. The number of amides is 3. The number of carbonyl (C=O) groups excluding carboxylic acids is 4. The Bertz CT molecular complexity index is 3220.